The van der Waals surface area contributed by atoms with E-state index in [0.29, 0.717) is 24.2 Å². The van der Waals surface area contributed by atoms with Gasteiger partial charge in [0.2, 0.25) is 11.8 Å². The number of likely N-dealkylation sites (tertiary alicyclic amines) is 1. The van der Waals surface area contributed by atoms with Gasteiger partial charge < -0.3 is 10.1 Å². The Morgan fingerprint density at radius 1 is 0.879 bits per heavy atom. The molecule has 33 heavy (non-hydrogen) atoms. The van der Waals surface area contributed by atoms with Crippen LogP contribution >= 0.6 is 0 Å². The highest BCUT2D eigenvalue weighted by atomic mass is 16.5. The fourth-order valence-corrected chi connectivity index (χ4v) is 3.76. The lowest BCUT2D eigenvalue weighted by molar-refractivity contribution is -0.154. The zero-order valence-electron chi connectivity index (χ0n) is 17.7. The fraction of sp³-hybridized carbons (Fsp3) is 0.250. The number of hydrogen-bond donors (Lipinski definition) is 1. The second kappa shape index (κ2) is 9.99. The minimum absolute atomic E-state index is 0.361. The smallest absolute Gasteiger partial charge is 0.326 e. The van der Waals surface area contributed by atoms with Crippen LogP contribution in [-0.2, 0) is 23.9 Å². The van der Waals surface area contributed by atoms with Gasteiger partial charge in [-0.2, -0.15) is 10.2 Å². The van der Waals surface area contributed by atoms with Crippen LogP contribution < -0.4 is 5.32 Å². The van der Waals surface area contributed by atoms with Crippen molar-refractivity contribution in [2.24, 2.45) is 22.1 Å². The summed E-state index contributed by atoms with van der Waals surface area (Å²) in [5.74, 6) is -2.89. The van der Waals surface area contributed by atoms with E-state index < -0.39 is 36.9 Å². The summed E-state index contributed by atoms with van der Waals surface area (Å²) in [7, 11) is 0. The van der Waals surface area contributed by atoms with E-state index in [1.807, 2.05) is 42.5 Å². The molecule has 1 aliphatic carbocycles. The zero-order chi connectivity index (χ0) is 23.2. The molecule has 2 atom stereocenters. The Morgan fingerprint density at radius 3 is 2.06 bits per heavy atom. The van der Waals surface area contributed by atoms with Crippen molar-refractivity contribution in [3.8, 4) is 0 Å². The first kappa shape index (κ1) is 22.1. The molecule has 4 rings (SSSR count). The standard InChI is InChI=1S/C24H22N4O5/c29-21(25-16-10-12-18(13-11-16)27-26-17-6-2-1-3-7-17)15-33-22(30)14-28-23(31)19-8-4-5-9-20(19)24(28)32/h1-7,10-13,19-20H,8-9,14-15H2,(H,25,29). The first-order chi connectivity index (χ1) is 16.0. The minimum atomic E-state index is -0.810. The highest BCUT2D eigenvalue weighted by Gasteiger charge is 2.47. The molecule has 1 saturated heterocycles. The number of azo groups is 1. The quantitative estimate of drug-likeness (QED) is 0.302. The minimum Gasteiger partial charge on any atom is -0.454 e. The van der Waals surface area contributed by atoms with Crippen LogP contribution in [-0.4, -0.2) is 41.7 Å². The number of ether oxygens (including phenoxy) is 1. The first-order valence-corrected chi connectivity index (χ1v) is 10.5. The maximum Gasteiger partial charge on any atom is 0.326 e. The van der Waals surface area contributed by atoms with Gasteiger partial charge in [-0.1, -0.05) is 30.4 Å². The van der Waals surface area contributed by atoms with E-state index in [9.17, 15) is 19.2 Å². The molecular formula is C24H22N4O5. The number of esters is 1. The van der Waals surface area contributed by atoms with Gasteiger partial charge in [-0.3, -0.25) is 24.1 Å². The predicted octanol–water partition coefficient (Wildman–Crippen LogP) is 3.53. The van der Waals surface area contributed by atoms with Crippen LogP contribution in [0.5, 0.6) is 0 Å². The Labute approximate surface area is 190 Å². The number of imide groups is 1. The van der Waals surface area contributed by atoms with Crippen LogP contribution in [0.25, 0.3) is 0 Å². The molecule has 2 aromatic rings. The van der Waals surface area contributed by atoms with Crippen molar-refractivity contribution in [3.63, 3.8) is 0 Å². The van der Waals surface area contributed by atoms with Crippen molar-refractivity contribution >= 4 is 40.8 Å². The fourth-order valence-electron chi connectivity index (χ4n) is 3.76. The molecule has 2 aliphatic rings. The molecule has 0 spiro atoms. The van der Waals surface area contributed by atoms with Crippen LogP contribution in [0.4, 0.5) is 17.1 Å². The number of anilines is 1. The zero-order valence-corrected chi connectivity index (χ0v) is 17.7. The lowest BCUT2D eigenvalue weighted by Crippen LogP contribution is -2.37. The SMILES string of the molecule is O=C(COC(=O)CN1C(=O)C2CC=CCC2C1=O)Nc1ccc(N=Nc2ccccc2)cc1. The van der Waals surface area contributed by atoms with Crippen LogP contribution in [0.1, 0.15) is 12.8 Å². The van der Waals surface area contributed by atoms with Crippen molar-refractivity contribution in [1.82, 2.24) is 4.90 Å². The Bertz CT molecular complexity index is 1090. The topological polar surface area (TPSA) is 118 Å². The average molecular weight is 446 g/mol. The van der Waals surface area contributed by atoms with E-state index in [1.54, 1.807) is 24.3 Å². The van der Waals surface area contributed by atoms with Crippen LogP contribution in [0.2, 0.25) is 0 Å². The van der Waals surface area contributed by atoms with E-state index in [1.165, 1.54) is 0 Å². The highest BCUT2D eigenvalue weighted by Crippen LogP contribution is 2.34. The summed E-state index contributed by atoms with van der Waals surface area (Å²) in [6.45, 7) is -1.02. The molecule has 1 N–H and O–H groups in total. The van der Waals surface area contributed by atoms with Crippen molar-refractivity contribution < 1.29 is 23.9 Å². The number of nitrogens with one attached hydrogen (secondary N) is 1. The molecule has 1 fully saturated rings. The molecule has 1 heterocycles. The van der Waals surface area contributed by atoms with Gasteiger partial charge in [-0.15, -0.1) is 0 Å². The summed E-state index contributed by atoms with van der Waals surface area (Å²) in [6, 6.07) is 16.0. The van der Waals surface area contributed by atoms with E-state index in [2.05, 4.69) is 15.5 Å². The van der Waals surface area contributed by atoms with Crippen LogP contribution in [0.3, 0.4) is 0 Å². The van der Waals surface area contributed by atoms with E-state index in [4.69, 9.17) is 4.74 Å². The molecular weight excluding hydrogens is 424 g/mol. The lowest BCUT2D eigenvalue weighted by Gasteiger charge is -2.14. The molecule has 0 saturated carbocycles. The maximum absolute atomic E-state index is 12.4. The van der Waals surface area contributed by atoms with Crippen molar-refractivity contribution in [2.75, 3.05) is 18.5 Å². The van der Waals surface area contributed by atoms with Gasteiger partial charge in [-0.25, -0.2) is 0 Å². The number of benzene rings is 2. The lowest BCUT2D eigenvalue weighted by atomic mass is 9.85. The summed E-state index contributed by atoms with van der Waals surface area (Å²) in [5.41, 5.74) is 1.83. The maximum atomic E-state index is 12.4. The molecule has 9 nitrogen and oxygen atoms in total. The van der Waals surface area contributed by atoms with Gasteiger partial charge in [0.05, 0.1) is 23.2 Å². The number of carbonyl (C=O) groups excluding carboxylic acids is 4. The van der Waals surface area contributed by atoms with Gasteiger partial charge in [0.25, 0.3) is 5.91 Å². The molecule has 1 aliphatic heterocycles. The molecule has 3 amide bonds. The number of hydrogen-bond acceptors (Lipinski definition) is 7. The Morgan fingerprint density at radius 2 is 1.45 bits per heavy atom. The number of allylic oxidation sites excluding steroid dienone is 2. The molecule has 2 aromatic carbocycles. The monoisotopic (exact) mass is 446 g/mol. The average Bonchev–Trinajstić information content (AvgIpc) is 3.08. The van der Waals surface area contributed by atoms with Gasteiger partial charge in [0.1, 0.15) is 6.54 Å². The Hall–Kier alpha value is -4.14. The highest BCUT2D eigenvalue weighted by molar-refractivity contribution is 6.07. The Balaban J connectivity index is 1.23. The normalized spacial score (nSPS) is 19.6. The van der Waals surface area contributed by atoms with Crippen LogP contribution in [0.15, 0.2) is 77.0 Å². The summed E-state index contributed by atoms with van der Waals surface area (Å²) in [4.78, 5) is 49.9. The summed E-state index contributed by atoms with van der Waals surface area (Å²) in [5, 5.41) is 10.8. The van der Waals surface area contributed by atoms with Gasteiger partial charge in [0, 0.05) is 5.69 Å². The largest absolute Gasteiger partial charge is 0.454 e. The van der Waals surface area contributed by atoms with E-state index in [-0.39, 0.29) is 11.8 Å². The number of carbonyl (C=O) groups is 4. The van der Waals surface area contributed by atoms with Gasteiger partial charge in [0.15, 0.2) is 6.61 Å². The Kier molecular flexibility index (Phi) is 6.68. The molecule has 9 heteroatoms. The van der Waals surface area contributed by atoms with Crippen LogP contribution in [0, 0.1) is 11.8 Å². The second-order valence-electron chi connectivity index (χ2n) is 7.71. The predicted molar refractivity (Wildman–Crippen MR) is 119 cm³/mol. The van der Waals surface area contributed by atoms with Crippen molar-refractivity contribution in [1.29, 1.82) is 0 Å². The van der Waals surface area contributed by atoms with Crippen molar-refractivity contribution in [2.45, 2.75) is 12.8 Å². The summed E-state index contributed by atoms with van der Waals surface area (Å²) >= 11 is 0. The third-order valence-electron chi connectivity index (χ3n) is 5.44. The molecule has 168 valence electrons. The third-order valence-corrected chi connectivity index (χ3v) is 5.44. The second-order valence-corrected chi connectivity index (χ2v) is 7.71. The summed E-state index contributed by atoms with van der Waals surface area (Å²) in [6.07, 6.45) is 4.74. The summed E-state index contributed by atoms with van der Waals surface area (Å²) < 4.78 is 4.95. The first-order valence-electron chi connectivity index (χ1n) is 10.5. The third kappa shape index (κ3) is 5.38. The molecule has 0 radical (unpaired) electrons. The number of nitrogens with zero attached hydrogens (tertiary/aromatic N) is 3. The van der Waals surface area contributed by atoms with E-state index in [0.717, 1.165) is 10.6 Å². The molecule has 2 unspecified atom stereocenters. The molecule has 0 aromatic heterocycles. The van der Waals surface area contributed by atoms with E-state index >= 15 is 0 Å². The number of fused-ring (bicyclic) bond motifs is 1. The van der Waals surface area contributed by atoms with Gasteiger partial charge in [-0.05, 0) is 49.2 Å². The number of rotatable bonds is 7. The van der Waals surface area contributed by atoms with Gasteiger partial charge >= 0.3 is 5.97 Å². The molecule has 0 bridgehead atoms. The number of amides is 3. The van der Waals surface area contributed by atoms with Crippen molar-refractivity contribution in [3.05, 3.63) is 66.7 Å².